The van der Waals surface area contributed by atoms with Crippen molar-refractivity contribution in [2.45, 2.75) is 33.2 Å². The van der Waals surface area contributed by atoms with Crippen molar-refractivity contribution >= 4 is 23.2 Å². The van der Waals surface area contributed by atoms with Gasteiger partial charge in [0.1, 0.15) is 11.8 Å². The number of benzene rings is 2. The van der Waals surface area contributed by atoms with Crippen molar-refractivity contribution < 1.29 is 14.3 Å². The summed E-state index contributed by atoms with van der Waals surface area (Å²) in [5.74, 6) is 0.0668. The maximum atomic E-state index is 12.9. The predicted molar refractivity (Wildman–Crippen MR) is 98.0 cm³/mol. The Morgan fingerprint density at radius 2 is 1.92 bits per heavy atom. The van der Waals surface area contributed by atoms with Crippen LogP contribution < -0.4 is 15.0 Å². The van der Waals surface area contributed by atoms with Crippen molar-refractivity contribution in [1.82, 2.24) is 0 Å². The van der Waals surface area contributed by atoms with Gasteiger partial charge in [-0.1, -0.05) is 24.3 Å². The SMILES string of the molecule is CCOc1ccccc1N1C(=O)C[C@H](Nc2cc(C)ccc2C)C1=O. The number of rotatable bonds is 5. The minimum atomic E-state index is -0.567. The van der Waals surface area contributed by atoms with E-state index in [1.165, 1.54) is 4.90 Å². The molecule has 130 valence electrons. The number of hydrogen-bond donors (Lipinski definition) is 1. The van der Waals surface area contributed by atoms with E-state index in [2.05, 4.69) is 5.32 Å². The van der Waals surface area contributed by atoms with E-state index in [0.717, 1.165) is 16.8 Å². The average Bonchev–Trinajstić information content (AvgIpc) is 2.86. The van der Waals surface area contributed by atoms with E-state index in [1.807, 2.05) is 45.0 Å². The summed E-state index contributed by atoms with van der Waals surface area (Å²) in [5.41, 5.74) is 3.53. The molecule has 1 aliphatic heterocycles. The van der Waals surface area contributed by atoms with Crippen molar-refractivity contribution in [1.29, 1.82) is 0 Å². The first kappa shape index (κ1) is 17.0. The number of amides is 2. The standard InChI is InChI=1S/C20H22N2O3/c1-4-25-18-8-6-5-7-17(18)22-19(23)12-16(20(22)24)21-15-11-13(2)9-10-14(15)3/h5-11,16,21H,4,12H2,1-3H3/t16-/m0/s1. The molecule has 5 heteroatoms. The number of carbonyl (C=O) groups excluding carboxylic acids is 2. The molecule has 0 radical (unpaired) electrons. The largest absolute Gasteiger partial charge is 0.492 e. The lowest BCUT2D eigenvalue weighted by atomic mass is 10.1. The molecule has 1 saturated heterocycles. The summed E-state index contributed by atoms with van der Waals surface area (Å²) in [6.07, 6.45) is 0.132. The number of aryl methyl sites for hydroxylation is 2. The van der Waals surface area contributed by atoms with Crippen LogP contribution in [0.15, 0.2) is 42.5 Å². The summed E-state index contributed by atoms with van der Waals surface area (Å²) in [7, 11) is 0. The van der Waals surface area contributed by atoms with E-state index < -0.39 is 6.04 Å². The van der Waals surface area contributed by atoms with E-state index in [1.54, 1.807) is 18.2 Å². The van der Waals surface area contributed by atoms with Crippen LogP contribution in [0, 0.1) is 13.8 Å². The molecule has 1 heterocycles. The average molecular weight is 338 g/mol. The fraction of sp³-hybridized carbons (Fsp3) is 0.300. The highest BCUT2D eigenvalue weighted by atomic mass is 16.5. The lowest BCUT2D eigenvalue weighted by molar-refractivity contribution is -0.121. The zero-order chi connectivity index (χ0) is 18.0. The predicted octanol–water partition coefficient (Wildman–Crippen LogP) is 3.45. The summed E-state index contributed by atoms with van der Waals surface area (Å²) >= 11 is 0. The minimum absolute atomic E-state index is 0.132. The van der Waals surface area contributed by atoms with E-state index in [4.69, 9.17) is 4.74 Å². The number of ether oxygens (including phenoxy) is 1. The van der Waals surface area contributed by atoms with Crippen molar-refractivity contribution in [3.05, 3.63) is 53.6 Å². The first-order valence-corrected chi connectivity index (χ1v) is 8.43. The third kappa shape index (κ3) is 3.36. The molecule has 3 rings (SSSR count). The first-order valence-electron chi connectivity index (χ1n) is 8.43. The Hall–Kier alpha value is -2.82. The lowest BCUT2D eigenvalue weighted by Crippen LogP contribution is -2.35. The Labute approximate surface area is 147 Å². The number of carbonyl (C=O) groups is 2. The molecule has 2 aromatic carbocycles. The highest BCUT2D eigenvalue weighted by molar-refractivity contribution is 6.23. The molecule has 0 spiro atoms. The van der Waals surface area contributed by atoms with Crippen LogP contribution in [0.2, 0.25) is 0 Å². The zero-order valence-electron chi connectivity index (χ0n) is 14.7. The van der Waals surface area contributed by atoms with Gasteiger partial charge in [-0.25, -0.2) is 4.90 Å². The Morgan fingerprint density at radius 1 is 1.16 bits per heavy atom. The van der Waals surface area contributed by atoms with Gasteiger partial charge in [0.15, 0.2) is 0 Å². The monoisotopic (exact) mass is 338 g/mol. The zero-order valence-corrected chi connectivity index (χ0v) is 14.7. The van der Waals surface area contributed by atoms with E-state index in [9.17, 15) is 9.59 Å². The van der Waals surface area contributed by atoms with Crippen LogP contribution in [0.1, 0.15) is 24.5 Å². The van der Waals surface area contributed by atoms with Gasteiger partial charge in [-0.2, -0.15) is 0 Å². The Kier molecular flexibility index (Phi) is 4.74. The van der Waals surface area contributed by atoms with Crippen LogP contribution in [0.4, 0.5) is 11.4 Å². The fourth-order valence-corrected chi connectivity index (χ4v) is 3.00. The molecule has 0 unspecified atom stereocenters. The van der Waals surface area contributed by atoms with Gasteiger partial charge in [-0.05, 0) is 50.1 Å². The van der Waals surface area contributed by atoms with Crippen LogP contribution in [0.25, 0.3) is 0 Å². The quantitative estimate of drug-likeness (QED) is 0.849. The second-order valence-electron chi connectivity index (χ2n) is 6.19. The Bertz CT molecular complexity index is 816. The molecule has 1 fully saturated rings. The third-order valence-electron chi connectivity index (χ3n) is 4.28. The Morgan fingerprint density at radius 3 is 2.68 bits per heavy atom. The number of hydrogen-bond acceptors (Lipinski definition) is 4. The Balaban J connectivity index is 1.87. The topological polar surface area (TPSA) is 58.6 Å². The van der Waals surface area contributed by atoms with Crippen LogP contribution in [-0.2, 0) is 9.59 Å². The molecular weight excluding hydrogens is 316 g/mol. The highest BCUT2D eigenvalue weighted by Gasteiger charge is 2.40. The molecule has 0 aromatic heterocycles. The molecule has 2 amide bonds. The van der Waals surface area contributed by atoms with Gasteiger partial charge in [-0.15, -0.1) is 0 Å². The van der Waals surface area contributed by atoms with Crippen molar-refractivity contribution in [3.63, 3.8) is 0 Å². The number of para-hydroxylation sites is 2. The van der Waals surface area contributed by atoms with Crippen LogP contribution in [0.3, 0.4) is 0 Å². The van der Waals surface area contributed by atoms with Crippen LogP contribution in [0.5, 0.6) is 5.75 Å². The normalized spacial score (nSPS) is 17.1. The van der Waals surface area contributed by atoms with E-state index in [0.29, 0.717) is 18.0 Å². The van der Waals surface area contributed by atoms with Gasteiger partial charge in [0, 0.05) is 5.69 Å². The van der Waals surface area contributed by atoms with E-state index in [-0.39, 0.29) is 18.2 Å². The molecule has 0 aliphatic carbocycles. The smallest absolute Gasteiger partial charge is 0.256 e. The molecule has 5 nitrogen and oxygen atoms in total. The summed E-state index contributed by atoms with van der Waals surface area (Å²) < 4.78 is 5.57. The highest BCUT2D eigenvalue weighted by Crippen LogP contribution is 2.33. The number of nitrogens with one attached hydrogen (secondary N) is 1. The second kappa shape index (κ2) is 6.97. The summed E-state index contributed by atoms with van der Waals surface area (Å²) in [4.78, 5) is 26.6. The molecule has 0 bridgehead atoms. The van der Waals surface area contributed by atoms with Gasteiger partial charge >= 0.3 is 0 Å². The maximum Gasteiger partial charge on any atom is 0.256 e. The fourth-order valence-electron chi connectivity index (χ4n) is 3.00. The van der Waals surface area contributed by atoms with Crippen LogP contribution in [-0.4, -0.2) is 24.5 Å². The molecule has 1 N–H and O–H groups in total. The first-order chi connectivity index (χ1) is 12.0. The van der Waals surface area contributed by atoms with Gasteiger partial charge in [0.2, 0.25) is 5.91 Å². The molecule has 2 aromatic rings. The number of imide groups is 1. The number of anilines is 2. The summed E-state index contributed by atoms with van der Waals surface area (Å²) in [6.45, 7) is 6.31. The number of nitrogens with zero attached hydrogens (tertiary/aromatic N) is 1. The van der Waals surface area contributed by atoms with Gasteiger partial charge in [0.25, 0.3) is 5.91 Å². The molecule has 25 heavy (non-hydrogen) atoms. The minimum Gasteiger partial charge on any atom is -0.492 e. The molecule has 0 saturated carbocycles. The van der Waals surface area contributed by atoms with Gasteiger partial charge in [0.05, 0.1) is 18.7 Å². The molecular formula is C20H22N2O3. The lowest BCUT2D eigenvalue weighted by Gasteiger charge is -2.19. The van der Waals surface area contributed by atoms with E-state index >= 15 is 0 Å². The van der Waals surface area contributed by atoms with Crippen molar-refractivity contribution in [3.8, 4) is 5.75 Å². The third-order valence-corrected chi connectivity index (χ3v) is 4.28. The molecule has 1 aliphatic rings. The second-order valence-corrected chi connectivity index (χ2v) is 6.19. The van der Waals surface area contributed by atoms with Gasteiger partial charge in [-0.3, -0.25) is 9.59 Å². The van der Waals surface area contributed by atoms with Crippen LogP contribution >= 0.6 is 0 Å². The summed E-state index contributed by atoms with van der Waals surface area (Å²) in [5, 5.41) is 3.23. The molecule has 1 atom stereocenters. The van der Waals surface area contributed by atoms with Gasteiger partial charge < -0.3 is 10.1 Å². The maximum absolute atomic E-state index is 12.9. The summed E-state index contributed by atoms with van der Waals surface area (Å²) in [6, 6.07) is 12.6. The van der Waals surface area contributed by atoms with Crippen molar-refractivity contribution in [2.24, 2.45) is 0 Å². The van der Waals surface area contributed by atoms with Crippen molar-refractivity contribution in [2.75, 3.05) is 16.8 Å².